The first-order chi connectivity index (χ1) is 5.72. The Morgan fingerprint density at radius 1 is 1.42 bits per heavy atom. The average Bonchev–Trinajstić information content (AvgIpc) is 2.03. The van der Waals surface area contributed by atoms with Gasteiger partial charge in [-0.3, -0.25) is 0 Å². The predicted molar refractivity (Wildman–Crippen MR) is 46.2 cm³/mol. The van der Waals surface area contributed by atoms with Gasteiger partial charge in [-0.2, -0.15) is 0 Å². The van der Waals surface area contributed by atoms with E-state index in [4.69, 9.17) is 9.94 Å². The molecule has 0 aliphatic heterocycles. The van der Waals surface area contributed by atoms with Crippen LogP contribution in [0.4, 0.5) is 0 Å². The van der Waals surface area contributed by atoms with E-state index in [1.54, 1.807) is 0 Å². The fourth-order valence-electron chi connectivity index (χ4n) is 0.643. The maximum Gasteiger partial charge on any atom is 0.353 e. The van der Waals surface area contributed by atoms with E-state index in [0.717, 1.165) is 12.8 Å². The van der Waals surface area contributed by atoms with Crippen molar-refractivity contribution in [3.63, 3.8) is 0 Å². The Kier molecular flexibility index (Phi) is 6.05. The zero-order valence-electron chi connectivity index (χ0n) is 7.54. The quantitative estimate of drug-likeness (QED) is 0.377. The second-order valence-electron chi connectivity index (χ2n) is 2.43. The van der Waals surface area contributed by atoms with E-state index in [1.807, 2.05) is 13.8 Å². The number of rotatable bonds is 6. The highest BCUT2D eigenvalue weighted by atomic mass is 16.6. The number of carboxylic acids is 1. The lowest BCUT2D eigenvalue weighted by atomic mass is 10.2. The molecule has 0 spiro atoms. The lowest BCUT2D eigenvalue weighted by molar-refractivity contribution is -0.129. The molecule has 0 fully saturated rings. The molecule has 70 valence electrons. The smallest absolute Gasteiger partial charge is 0.353 e. The lowest BCUT2D eigenvalue weighted by Gasteiger charge is -1.99. The van der Waals surface area contributed by atoms with Crippen LogP contribution in [-0.2, 0) is 9.63 Å². The maximum absolute atomic E-state index is 10.5. The summed E-state index contributed by atoms with van der Waals surface area (Å²) in [5.41, 5.74) is 0.103. The summed E-state index contributed by atoms with van der Waals surface area (Å²) in [6.07, 6.45) is 2.06. The Balaban J connectivity index is 3.90. The molecule has 0 saturated heterocycles. The zero-order valence-corrected chi connectivity index (χ0v) is 7.54. The van der Waals surface area contributed by atoms with Gasteiger partial charge in [0.1, 0.15) is 6.61 Å². The van der Waals surface area contributed by atoms with Gasteiger partial charge in [0, 0.05) is 6.42 Å². The molecule has 0 rings (SSSR count). The molecule has 0 aliphatic carbocycles. The fraction of sp³-hybridized carbons (Fsp3) is 0.750. The van der Waals surface area contributed by atoms with Gasteiger partial charge in [0.15, 0.2) is 5.71 Å². The summed E-state index contributed by atoms with van der Waals surface area (Å²) in [5.74, 6) is -0.993. The molecule has 0 bridgehead atoms. The average molecular weight is 173 g/mol. The van der Waals surface area contributed by atoms with Crippen molar-refractivity contribution in [3.05, 3.63) is 0 Å². The fourth-order valence-corrected chi connectivity index (χ4v) is 0.643. The summed E-state index contributed by atoms with van der Waals surface area (Å²) >= 11 is 0. The Hall–Kier alpha value is -1.06. The zero-order chi connectivity index (χ0) is 9.40. The van der Waals surface area contributed by atoms with Crippen LogP contribution in [0, 0.1) is 0 Å². The lowest BCUT2D eigenvalue weighted by Crippen LogP contribution is -2.13. The second-order valence-corrected chi connectivity index (χ2v) is 2.43. The van der Waals surface area contributed by atoms with Crippen molar-refractivity contribution >= 4 is 11.7 Å². The summed E-state index contributed by atoms with van der Waals surface area (Å²) in [5, 5.41) is 12.1. The van der Waals surface area contributed by atoms with Gasteiger partial charge in [-0.05, 0) is 6.42 Å². The summed E-state index contributed by atoms with van der Waals surface area (Å²) in [6.45, 7) is 4.31. The van der Waals surface area contributed by atoms with E-state index in [9.17, 15) is 4.79 Å². The predicted octanol–water partition coefficient (Wildman–Crippen LogP) is 1.65. The molecule has 0 radical (unpaired) electrons. The monoisotopic (exact) mass is 173 g/mol. The Morgan fingerprint density at radius 2 is 2.08 bits per heavy atom. The molecular weight excluding hydrogens is 158 g/mol. The van der Waals surface area contributed by atoms with Gasteiger partial charge in [-0.25, -0.2) is 4.79 Å². The van der Waals surface area contributed by atoms with Crippen LogP contribution >= 0.6 is 0 Å². The van der Waals surface area contributed by atoms with E-state index in [2.05, 4.69) is 5.16 Å². The highest BCUT2D eigenvalue weighted by Gasteiger charge is 2.07. The molecule has 0 aromatic rings. The van der Waals surface area contributed by atoms with Crippen molar-refractivity contribution in [2.75, 3.05) is 6.61 Å². The van der Waals surface area contributed by atoms with Gasteiger partial charge in [0.2, 0.25) is 0 Å². The van der Waals surface area contributed by atoms with Gasteiger partial charge >= 0.3 is 5.97 Å². The number of nitrogens with zero attached hydrogens (tertiary/aromatic N) is 1. The number of hydrogen-bond acceptors (Lipinski definition) is 3. The SMILES string of the molecule is CCCON=C(CCC)C(=O)O. The molecule has 0 amide bonds. The summed E-state index contributed by atoms with van der Waals surface area (Å²) in [4.78, 5) is 15.2. The minimum Gasteiger partial charge on any atom is -0.477 e. The van der Waals surface area contributed by atoms with E-state index >= 15 is 0 Å². The molecule has 0 aliphatic rings. The van der Waals surface area contributed by atoms with Crippen LogP contribution in [0.3, 0.4) is 0 Å². The standard InChI is InChI=1S/C8H15NO3/c1-3-5-7(8(10)11)9-12-6-4-2/h3-6H2,1-2H3,(H,10,11). The molecule has 4 heteroatoms. The van der Waals surface area contributed by atoms with Gasteiger partial charge in [0.25, 0.3) is 0 Å². The van der Waals surface area contributed by atoms with E-state index in [1.165, 1.54) is 0 Å². The van der Waals surface area contributed by atoms with Gasteiger partial charge in [0.05, 0.1) is 0 Å². The van der Waals surface area contributed by atoms with Crippen LogP contribution in [0.1, 0.15) is 33.1 Å². The number of hydrogen-bond donors (Lipinski definition) is 1. The van der Waals surface area contributed by atoms with Crippen molar-refractivity contribution in [1.82, 2.24) is 0 Å². The van der Waals surface area contributed by atoms with Crippen LogP contribution in [-0.4, -0.2) is 23.4 Å². The van der Waals surface area contributed by atoms with Crippen molar-refractivity contribution < 1.29 is 14.7 Å². The molecule has 0 unspecified atom stereocenters. The number of oxime groups is 1. The summed E-state index contributed by atoms with van der Waals surface area (Å²) in [6, 6.07) is 0. The Morgan fingerprint density at radius 3 is 2.50 bits per heavy atom. The molecule has 0 atom stereocenters. The van der Waals surface area contributed by atoms with Crippen LogP contribution in [0.25, 0.3) is 0 Å². The third-order valence-electron chi connectivity index (χ3n) is 1.20. The third kappa shape index (κ3) is 4.71. The Bertz CT molecular complexity index is 166. The minimum atomic E-state index is -0.993. The first-order valence-corrected chi connectivity index (χ1v) is 4.14. The van der Waals surface area contributed by atoms with Crippen molar-refractivity contribution in [2.45, 2.75) is 33.1 Å². The number of carboxylic acid groups (broad SMARTS) is 1. The molecule has 0 aromatic heterocycles. The van der Waals surface area contributed by atoms with Crippen molar-refractivity contribution in [3.8, 4) is 0 Å². The van der Waals surface area contributed by atoms with E-state index in [-0.39, 0.29) is 5.71 Å². The highest BCUT2D eigenvalue weighted by molar-refractivity contribution is 6.35. The van der Waals surface area contributed by atoms with Crippen LogP contribution < -0.4 is 0 Å². The summed E-state index contributed by atoms with van der Waals surface area (Å²) in [7, 11) is 0. The van der Waals surface area contributed by atoms with Crippen LogP contribution in [0.2, 0.25) is 0 Å². The first-order valence-electron chi connectivity index (χ1n) is 4.14. The molecule has 0 aromatic carbocycles. The molecule has 0 saturated carbocycles. The number of aliphatic carboxylic acids is 1. The minimum absolute atomic E-state index is 0.103. The third-order valence-corrected chi connectivity index (χ3v) is 1.20. The number of carbonyl (C=O) groups is 1. The van der Waals surface area contributed by atoms with Gasteiger partial charge in [-0.1, -0.05) is 25.4 Å². The van der Waals surface area contributed by atoms with Gasteiger partial charge < -0.3 is 9.94 Å². The van der Waals surface area contributed by atoms with Crippen molar-refractivity contribution in [2.24, 2.45) is 5.16 Å². The Labute approximate surface area is 72.2 Å². The highest BCUT2D eigenvalue weighted by Crippen LogP contribution is 1.94. The second kappa shape index (κ2) is 6.64. The van der Waals surface area contributed by atoms with Gasteiger partial charge in [-0.15, -0.1) is 0 Å². The molecule has 12 heavy (non-hydrogen) atoms. The first kappa shape index (κ1) is 10.9. The largest absolute Gasteiger partial charge is 0.477 e. The van der Waals surface area contributed by atoms with Crippen molar-refractivity contribution in [1.29, 1.82) is 0 Å². The topological polar surface area (TPSA) is 58.9 Å². The van der Waals surface area contributed by atoms with Crippen LogP contribution in [0.5, 0.6) is 0 Å². The normalized spacial score (nSPS) is 11.3. The van der Waals surface area contributed by atoms with E-state index < -0.39 is 5.97 Å². The molecular formula is C8H15NO3. The molecule has 0 heterocycles. The summed E-state index contributed by atoms with van der Waals surface area (Å²) < 4.78 is 0. The van der Waals surface area contributed by atoms with E-state index in [0.29, 0.717) is 13.0 Å². The molecule has 4 nitrogen and oxygen atoms in total. The molecule has 1 N–H and O–H groups in total. The van der Waals surface area contributed by atoms with Crippen LogP contribution in [0.15, 0.2) is 5.16 Å². The maximum atomic E-state index is 10.5.